The van der Waals surface area contributed by atoms with Crippen molar-refractivity contribution < 1.29 is 9.53 Å². The Bertz CT molecular complexity index is 1060. The van der Waals surface area contributed by atoms with Crippen LogP contribution in [-0.4, -0.2) is 22.7 Å². The Balaban J connectivity index is 1.57. The van der Waals surface area contributed by atoms with E-state index in [2.05, 4.69) is 15.6 Å². The van der Waals surface area contributed by atoms with Gasteiger partial charge < -0.3 is 15.4 Å². The highest BCUT2D eigenvalue weighted by molar-refractivity contribution is 6.01. The van der Waals surface area contributed by atoms with Crippen LogP contribution in [-0.2, 0) is 13.0 Å². The molecular formula is C19H18N4O3. The number of aromatic nitrogens is 2. The van der Waals surface area contributed by atoms with E-state index in [1.54, 1.807) is 54.1 Å². The van der Waals surface area contributed by atoms with Crippen LogP contribution in [0.1, 0.15) is 12.2 Å². The highest BCUT2D eigenvalue weighted by Crippen LogP contribution is 2.20. The average Bonchev–Trinajstić information content (AvgIpc) is 3.11. The Kier molecular flexibility index (Phi) is 4.04. The van der Waals surface area contributed by atoms with Crippen LogP contribution in [0.5, 0.6) is 5.75 Å². The number of hydrogen-bond acceptors (Lipinski definition) is 4. The first-order valence-corrected chi connectivity index (χ1v) is 8.39. The maximum Gasteiger partial charge on any atom is 0.323 e. The smallest absolute Gasteiger partial charge is 0.323 e. The second-order valence-electron chi connectivity index (χ2n) is 6.13. The normalized spacial score (nSPS) is 12.7. The summed E-state index contributed by atoms with van der Waals surface area (Å²) in [5, 5.41) is 6.00. The van der Waals surface area contributed by atoms with Crippen LogP contribution in [0.15, 0.2) is 47.3 Å². The van der Waals surface area contributed by atoms with Crippen molar-refractivity contribution in [3.05, 3.63) is 58.6 Å². The summed E-state index contributed by atoms with van der Waals surface area (Å²) in [6, 6.07) is 11.8. The molecule has 0 radical (unpaired) electrons. The van der Waals surface area contributed by atoms with Crippen LogP contribution >= 0.6 is 0 Å². The molecule has 26 heavy (non-hydrogen) atoms. The second kappa shape index (κ2) is 6.51. The van der Waals surface area contributed by atoms with Gasteiger partial charge in [-0.25, -0.2) is 9.78 Å². The quantitative estimate of drug-likeness (QED) is 0.760. The van der Waals surface area contributed by atoms with Crippen molar-refractivity contribution in [2.24, 2.45) is 0 Å². The summed E-state index contributed by atoms with van der Waals surface area (Å²) in [5.41, 5.74) is 1.75. The number of rotatable bonds is 3. The zero-order chi connectivity index (χ0) is 18.1. The van der Waals surface area contributed by atoms with Gasteiger partial charge >= 0.3 is 6.03 Å². The lowest BCUT2D eigenvalue weighted by atomic mass is 10.2. The summed E-state index contributed by atoms with van der Waals surface area (Å²) in [6.07, 6.45) is 1.76. The average molecular weight is 350 g/mol. The number of benzene rings is 2. The van der Waals surface area contributed by atoms with Crippen molar-refractivity contribution in [2.45, 2.75) is 19.4 Å². The summed E-state index contributed by atoms with van der Waals surface area (Å²) in [4.78, 5) is 29.4. The molecule has 2 heterocycles. The Morgan fingerprint density at radius 2 is 1.96 bits per heavy atom. The highest BCUT2D eigenvalue weighted by Gasteiger charge is 2.16. The highest BCUT2D eigenvalue weighted by atomic mass is 16.5. The van der Waals surface area contributed by atoms with Crippen LogP contribution in [0, 0.1) is 0 Å². The van der Waals surface area contributed by atoms with Gasteiger partial charge in [0, 0.05) is 30.4 Å². The predicted molar refractivity (Wildman–Crippen MR) is 100.0 cm³/mol. The summed E-state index contributed by atoms with van der Waals surface area (Å²) >= 11 is 0. The first-order chi connectivity index (χ1) is 12.6. The number of aryl methyl sites for hydroxylation is 1. The number of hydrogen-bond donors (Lipinski definition) is 2. The van der Waals surface area contributed by atoms with Crippen molar-refractivity contribution in [1.29, 1.82) is 0 Å². The number of anilines is 2. The molecule has 2 N–H and O–H groups in total. The van der Waals surface area contributed by atoms with Crippen molar-refractivity contribution in [2.75, 3.05) is 17.7 Å². The molecule has 0 saturated heterocycles. The van der Waals surface area contributed by atoms with E-state index in [0.717, 1.165) is 18.7 Å². The lowest BCUT2D eigenvalue weighted by molar-refractivity contribution is 0.262. The standard InChI is InChI=1S/C19H18N4O3/c1-26-14-5-2-4-12(10-14)20-19(25)21-13-7-8-16-15(11-13)18(24)23-9-3-6-17(23)22-16/h2,4-5,7-8,10-11H,3,6,9H2,1H3,(H2,20,21,25). The molecule has 2 aromatic carbocycles. The van der Waals surface area contributed by atoms with Crippen LogP contribution < -0.4 is 20.9 Å². The van der Waals surface area contributed by atoms with E-state index in [1.165, 1.54) is 0 Å². The third-order valence-electron chi connectivity index (χ3n) is 4.40. The van der Waals surface area contributed by atoms with E-state index < -0.39 is 6.03 Å². The van der Waals surface area contributed by atoms with E-state index in [0.29, 0.717) is 34.6 Å². The molecule has 0 unspecified atom stereocenters. The largest absolute Gasteiger partial charge is 0.497 e. The van der Waals surface area contributed by atoms with Crippen LogP contribution in [0.25, 0.3) is 10.9 Å². The monoisotopic (exact) mass is 350 g/mol. The second-order valence-corrected chi connectivity index (χ2v) is 6.13. The molecule has 0 spiro atoms. The number of amides is 2. The number of fused-ring (bicyclic) bond motifs is 2. The summed E-state index contributed by atoms with van der Waals surface area (Å²) in [6.45, 7) is 0.699. The molecule has 4 rings (SSSR count). The molecule has 0 saturated carbocycles. The number of carbonyl (C=O) groups is 1. The van der Waals surface area contributed by atoms with Crippen molar-refractivity contribution in [3.8, 4) is 5.75 Å². The lowest BCUT2D eigenvalue weighted by Crippen LogP contribution is -2.22. The number of urea groups is 1. The minimum absolute atomic E-state index is 0.0562. The van der Waals surface area contributed by atoms with Crippen molar-refractivity contribution in [1.82, 2.24) is 9.55 Å². The zero-order valence-corrected chi connectivity index (χ0v) is 14.3. The molecule has 3 aromatic rings. The third kappa shape index (κ3) is 2.99. The molecule has 0 aliphatic carbocycles. The van der Waals surface area contributed by atoms with Gasteiger partial charge in [-0.15, -0.1) is 0 Å². The minimum Gasteiger partial charge on any atom is -0.497 e. The molecule has 7 heteroatoms. The first-order valence-electron chi connectivity index (χ1n) is 8.39. The van der Waals surface area contributed by atoms with Gasteiger partial charge in [0.15, 0.2) is 0 Å². The van der Waals surface area contributed by atoms with E-state index in [9.17, 15) is 9.59 Å². The van der Waals surface area contributed by atoms with Crippen LogP contribution in [0.2, 0.25) is 0 Å². The van der Waals surface area contributed by atoms with Gasteiger partial charge in [0.2, 0.25) is 0 Å². The summed E-state index contributed by atoms with van der Waals surface area (Å²) in [7, 11) is 1.57. The molecule has 132 valence electrons. The summed E-state index contributed by atoms with van der Waals surface area (Å²) < 4.78 is 6.85. The summed E-state index contributed by atoms with van der Waals surface area (Å²) in [5.74, 6) is 1.49. The molecule has 1 aromatic heterocycles. The minimum atomic E-state index is -0.396. The molecular weight excluding hydrogens is 332 g/mol. The molecule has 1 aliphatic heterocycles. The SMILES string of the molecule is COc1cccc(NC(=O)Nc2ccc3nc4n(c(=O)c3c2)CCC4)c1. The topological polar surface area (TPSA) is 85.2 Å². The number of carbonyl (C=O) groups excluding carboxylic acids is 1. The molecule has 0 fully saturated rings. The van der Waals surface area contributed by atoms with Gasteiger partial charge in [-0.1, -0.05) is 6.07 Å². The first kappa shape index (κ1) is 16.1. The fraction of sp³-hybridized carbons (Fsp3) is 0.211. The van der Waals surface area contributed by atoms with Gasteiger partial charge in [0.1, 0.15) is 11.6 Å². The molecule has 2 amide bonds. The molecule has 1 aliphatic rings. The number of nitrogens with one attached hydrogen (secondary N) is 2. The van der Waals surface area contributed by atoms with E-state index in [4.69, 9.17) is 4.74 Å². The van der Waals surface area contributed by atoms with E-state index in [1.807, 2.05) is 0 Å². The number of methoxy groups -OCH3 is 1. The maximum atomic E-state index is 12.6. The number of ether oxygens (including phenoxy) is 1. The number of nitrogens with zero attached hydrogens (tertiary/aromatic N) is 2. The van der Waals surface area contributed by atoms with Crippen molar-refractivity contribution >= 4 is 28.3 Å². The Labute approximate surface area is 149 Å². The Hall–Kier alpha value is -3.35. The van der Waals surface area contributed by atoms with Gasteiger partial charge in [0.05, 0.1) is 18.0 Å². The molecule has 0 atom stereocenters. The van der Waals surface area contributed by atoms with Crippen molar-refractivity contribution in [3.63, 3.8) is 0 Å². The lowest BCUT2D eigenvalue weighted by Gasteiger charge is -2.10. The van der Waals surface area contributed by atoms with Gasteiger partial charge in [-0.2, -0.15) is 0 Å². The van der Waals surface area contributed by atoms with Crippen LogP contribution in [0.3, 0.4) is 0 Å². The van der Waals surface area contributed by atoms with Gasteiger partial charge in [-0.05, 0) is 36.8 Å². The fourth-order valence-electron chi connectivity index (χ4n) is 3.16. The fourth-order valence-corrected chi connectivity index (χ4v) is 3.16. The Morgan fingerprint density at radius 3 is 2.77 bits per heavy atom. The van der Waals surface area contributed by atoms with Gasteiger partial charge in [-0.3, -0.25) is 9.36 Å². The Morgan fingerprint density at radius 1 is 1.15 bits per heavy atom. The van der Waals surface area contributed by atoms with E-state index in [-0.39, 0.29) is 5.56 Å². The van der Waals surface area contributed by atoms with E-state index >= 15 is 0 Å². The van der Waals surface area contributed by atoms with Gasteiger partial charge in [0.25, 0.3) is 5.56 Å². The maximum absolute atomic E-state index is 12.6. The predicted octanol–water partition coefficient (Wildman–Crippen LogP) is 3.00. The molecule has 0 bridgehead atoms. The molecule has 7 nitrogen and oxygen atoms in total. The zero-order valence-electron chi connectivity index (χ0n) is 14.3. The third-order valence-corrected chi connectivity index (χ3v) is 4.40. The van der Waals surface area contributed by atoms with Crippen LogP contribution in [0.4, 0.5) is 16.2 Å².